The highest BCUT2D eigenvalue weighted by Gasteiger charge is 2.30. The normalized spacial score (nSPS) is 16.5. The first-order valence-corrected chi connectivity index (χ1v) is 12.4. The maximum atomic E-state index is 13.3. The van der Waals surface area contributed by atoms with Gasteiger partial charge in [-0.15, -0.1) is 11.3 Å². The molecular formula is C23H25N3O2S2. The van der Waals surface area contributed by atoms with E-state index in [0.717, 1.165) is 41.6 Å². The lowest BCUT2D eigenvalue weighted by molar-refractivity contribution is -0.117. The van der Waals surface area contributed by atoms with Crippen LogP contribution in [0.4, 0.5) is 5.69 Å². The number of amides is 1. The fourth-order valence-electron chi connectivity index (χ4n) is 4.58. The predicted octanol–water partition coefficient (Wildman–Crippen LogP) is 4.43. The molecule has 0 saturated heterocycles. The van der Waals surface area contributed by atoms with E-state index in [1.165, 1.54) is 34.2 Å². The lowest BCUT2D eigenvalue weighted by Gasteiger charge is -2.22. The molecule has 0 radical (unpaired) electrons. The highest BCUT2D eigenvalue weighted by molar-refractivity contribution is 8.00. The van der Waals surface area contributed by atoms with Crippen molar-refractivity contribution < 1.29 is 4.79 Å². The first kappa shape index (κ1) is 19.8. The Hall–Kier alpha value is -2.12. The number of hydrogen-bond donors (Lipinski definition) is 0. The molecule has 1 aliphatic carbocycles. The van der Waals surface area contributed by atoms with Crippen LogP contribution in [0.15, 0.2) is 34.2 Å². The van der Waals surface area contributed by atoms with E-state index in [1.54, 1.807) is 15.9 Å². The topological polar surface area (TPSA) is 55.2 Å². The molecule has 3 aromatic rings. The number of anilines is 1. The highest BCUT2D eigenvalue weighted by atomic mass is 32.2. The number of para-hydroxylation sites is 1. The summed E-state index contributed by atoms with van der Waals surface area (Å²) in [6.45, 7) is 5.17. The predicted molar refractivity (Wildman–Crippen MR) is 124 cm³/mol. The Labute approximate surface area is 184 Å². The maximum absolute atomic E-state index is 13.3. The number of carbonyl (C=O) groups is 1. The van der Waals surface area contributed by atoms with Crippen LogP contribution in [0.3, 0.4) is 0 Å². The summed E-state index contributed by atoms with van der Waals surface area (Å²) in [4.78, 5) is 35.4. The van der Waals surface area contributed by atoms with Gasteiger partial charge in [0.1, 0.15) is 4.83 Å². The van der Waals surface area contributed by atoms with E-state index in [9.17, 15) is 9.59 Å². The van der Waals surface area contributed by atoms with Crippen LogP contribution in [0.25, 0.3) is 10.2 Å². The number of hydrogen-bond acceptors (Lipinski definition) is 5. The van der Waals surface area contributed by atoms with Gasteiger partial charge >= 0.3 is 0 Å². The molecule has 2 aliphatic rings. The molecule has 1 aromatic carbocycles. The van der Waals surface area contributed by atoms with E-state index >= 15 is 0 Å². The summed E-state index contributed by atoms with van der Waals surface area (Å²) in [5.41, 5.74) is 3.50. The smallest absolute Gasteiger partial charge is 0.263 e. The lowest BCUT2D eigenvalue weighted by Crippen LogP contribution is -2.35. The van der Waals surface area contributed by atoms with E-state index < -0.39 is 0 Å². The molecular weight excluding hydrogens is 414 g/mol. The summed E-state index contributed by atoms with van der Waals surface area (Å²) in [5, 5.41) is 1.16. The molecule has 7 heteroatoms. The van der Waals surface area contributed by atoms with Crippen molar-refractivity contribution >= 4 is 44.9 Å². The molecule has 5 nitrogen and oxygen atoms in total. The summed E-state index contributed by atoms with van der Waals surface area (Å²) in [6, 6.07) is 8.10. The summed E-state index contributed by atoms with van der Waals surface area (Å²) >= 11 is 3.07. The number of aromatic nitrogens is 2. The second kappa shape index (κ2) is 7.85. The molecule has 156 valence electrons. The van der Waals surface area contributed by atoms with Crippen LogP contribution < -0.4 is 10.5 Å². The Morgan fingerprint density at radius 2 is 2.03 bits per heavy atom. The van der Waals surface area contributed by atoms with Crippen LogP contribution in [0, 0.1) is 0 Å². The zero-order chi connectivity index (χ0) is 20.8. The average Bonchev–Trinajstić information content (AvgIpc) is 3.34. The van der Waals surface area contributed by atoms with Crippen LogP contribution in [0.5, 0.6) is 0 Å². The van der Waals surface area contributed by atoms with Crippen molar-refractivity contribution in [1.82, 2.24) is 9.55 Å². The summed E-state index contributed by atoms with van der Waals surface area (Å²) in [6.07, 6.45) is 5.25. The third kappa shape index (κ3) is 3.19. The molecule has 0 fully saturated rings. The summed E-state index contributed by atoms with van der Waals surface area (Å²) in [7, 11) is 0. The van der Waals surface area contributed by atoms with Gasteiger partial charge in [0.2, 0.25) is 5.91 Å². The van der Waals surface area contributed by atoms with Crippen LogP contribution in [0.2, 0.25) is 0 Å². The Morgan fingerprint density at radius 3 is 2.87 bits per heavy atom. The van der Waals surface area contributed by atoms with Gasteiger partial charge in [0.15, 0.2) is 5.16 Å². The quantitative estimate of drug-likeness (QED) is 0.446. The number of rotatable bonds is 4. The zero-order valence-electron chi connectivity index (χ0n) is 17.3. The summed E-state index contributed by atoms with van der Waals surface area (Å²) < 4.78 is 1.75. The fraction of sp³-hybridized carbons (Fsp3) is 0.435. The van der Waals surface area contributed by atoms with E-state index in [1.807, 2.05) is 36.9 Å². The minimum absolute atomic E-state index is 0.0515. The van der Waals surface area contributed by atoms with Gasteiger partial charge in [0.25, 0.3) is 5.56 Å². The first-order valence-electron chi connectivity index (χ1n) is 10.7. The average molecular weight is 440 g/mol. The van der Waals surface area contributed by atoms with Gasteiger partial charge in [-0.25, -0.2) is 4.98 Å². The van der Waals surface area contributed by atoms with Gasteiger partial charge < -0.3 is 4.90 Å². The van der Waals surface area contributed by atoms with Crippen molar-refractivity contribution in [3.8, 4) is 0 Å². The van der Waals surface area contributed by atoms with Crippen LogP contribution in [-0.4, -0.2) is 27.3 Å². The molecule has 0 saturated carbocycles. The molecule has 1 atom stereocenters. The van der Waals surface area contributed by atoms with Crippen LogP contribution in [0.1, 0.15) is 42.7 Å². The third-order valence-corrected chi connectivity index (χ3v) is 8.40. The van der Waals surface area contributed by atoms with Gasteiger partial charge in [-0.1, -0.05) is 30.0 Å². The molecule has 0 spiro atoms. The number of thioether (sulfide) groups is 1. The van der Waals surface area contributed by atoms with Crippen molar-refractivity contribution in [3.63, 3.8) is 0 Å². The number of benzene rings is 1. The first-order chi connectivity index (χ1) is 14.6. The van der Waals surface area contributed by atoms with Crippen LogP contribution in [-0.2, 0) is 30.6 Å². The Bertz CT molecular complexity index is 1200. The van der Waals surface area contributed by atoms with Crippen molar-refractivity contribution in [1.29, 1.82) is 0 Å². The van der Waals surface area contributed by atoms with Gasteiger partial charge in [-0.2, -0.15) is 0 Å². The monoisotopic (exact) mass is 439 g/mol. The minimum atomic E-state index is -0.312. The lowest BCUT2D eigenvalue weighted by atomic mass is 9.97. The van der Waals surface area contributed by atoms with Crippen LogP contribution >= 0.6 is 23.1 Å². The minimum Gasteiger partial charge on any atom is -0.311 e. The maximum Gasteiger partial charge on any atom is 0.263 e. The number of nitrogens with zero attached hydrogens (tertiary/aromatic N) is 3. The van der Waals surface area contributed by atoms with Gasteiger partial charge in [0, 0.05) is 23.7 Å². The van der Waals surface area contributed by atoms with Crippen molar-refractivity contribution in [3.05, 3.63) is 50.6 Å². The molecule has 30 heavy (non-hydrogen) atoms. The van der Waals surface area contributed by atoms with E-state index in [4.69, 9.17) is 4.98 Å². The van der Waals surface area contributed by atoms with E-state index in [-0.39, 0.29) is 16.7 Å². The second-order valence-electron chi connectivity index (χ2n) is 7.96. The Morgan fingerprint density at radius 1 is 1.23 bits per heavy atom. The molecule has 5 rings (SSSR count). The van der Waals surface area contributed by atoms with Gasteiger partial charge in [-0.3, -0.25) is 14.2 Å². The van der Waals surface area contributed by atoms with Crippen molar-refractivity contribution in [2.45, 2.75) is 62.9 Å². The van der Waals surface area contributed by atoms with E-state index in [0.29, 0.717) is 18.2 Å². The summed E-state index contributed by atoms with van der Waals surface area (Å²) in [5.74, 6) is 0.0763. The van der Waals surface area contributed by atoms with Crippen molar-refractivity contribution in [2.75, 3.05) is 11.4 Å². The van der Waals surface area contributed by atoms with E-state index in [2.05, 4.69) is 6.07 Å². The molecule has 2 aromatic heterocycles. The molecule has 1 unspecified atom stereocenters. The highest BCUT2D eigenvalue weighted by Crippen LogP contribution is 2.36. The number of thiophene rings is 1. The van der Waals surface area contributed by atoms with Gasteiger partial charge in [-0.05, 0) is 63.1 Å². The molecule has 1 amide bonds. The SMILES string of the molecule is CCn1c(SC(C)C(=O)N2CCc3ccccc32)nc2sc3c(c2c1=O)CCCC3. The zero-order valence-corrected chi connectivity index (χ0v) is 18.9. The fourth-order valence-corrected chi connectivity index (χ4v) is 6.92. The third-order valence-electron chi connectivity index (χ3n) is 6.14. The van der Waals surface area contributed by atoms with Gasteiger partial charge in [0.05, 0.1) is 10.6 Å². The largest absolute Gasteiger partial charge is 0.311 e. The number of carbonyl (C=O) groups excluding carboxylic acids is 1. The Kier molecular flexibility index (Phi) is 5.19. The Balaban J connectivity index is 1.48. The molecule has 1 aliphatic heterocycles. The molecule has 0 bridgehead atoms. The standard InChI is InChI=1S/C23H25N3O2S2/c1-3-25-22(28)19-16-9-5-7-11-18(16)30-20(19)24-23(25)29-14(2)21(27)26-13-12-15-8-4-6-10-17(15)26/h4,6,8,10,14H,3,5,7,9,11-13H2,1-2H3. The molecule has 0 N–H and O–H groups in total. The van der Waals surface area contributed by atoms with Crippen molar-refractivity contribution in [2.24, 2.45) is 0 Å². The molecule has 3 heterocycles. The number of fused-ring (bicyclic) bond motifs is 4. The number of aryl methyl sites for hydroxylation is 2. The second-order valence-corrected chi connectivity index (χ2v) is 10.4.